The highest BCUT2D eigenvalue weighted by molar-refractivity contribution is 5.97. The number of rotatable bonds is 6. The van der Waals surface area contributed by atoms with E-state index in [4.69, 9.17) is 9.47 Å². The number of methoxy groups -OCH3 is 1. The molecule has 0 unspecified atom stereocenters. The first-order valence-corrected chi connectivity index (χ1v) is 7.51. The van der Waals surface area contributed by atoms with Crippen LogP contribution in [0.3, 0.4) is 0 Å². The van der Waals surface area contributed by atoms with Gasteiger partial charge in [0.25, 0.3) is 5.91 Å². The lowest BCUT2D eigenvalue weighted by atomic mass is 10.2. The van der Waals surface area contributed by atoms with Gasteiger partial charge < -0.3 is 14.8 Å². The number of hydrogen-bond acceptors (Lipinski definition) is 5. The Morgan fingerprint density at radius 1 is 0.960 bits per heavy atom. The molecular weight excluding hydrogens is 324 g/mol. The minimum Gasteiger partial charge on any atom is -0.497 e. The van der Waals surface area contributed by atoms with Crippen molar-refractivity contribution in [2.24, 2.45) is 0 Å². The number of carbonyl (C=O) groups excluding carboxylic acids is 3. The Morgan fingerprint density at radius 3 is 2.28 bits per heavy atom. The summed E-state index contributed by atoms with van der Waals surface area (Å²) in [6.45, 7) is -0.269. The van der Waals surface area contributed by atoms with E-state index < -0.39 is 24.5 Å². The molecule has 2 rings (SSSR count). The van der Waals surface area contributed by atoms with E-state index in [0.717, 1.165) is 5.56 Å². The van der Waals surface area contributed by atoms with Crippen molar-refractivity contribution in [2.45, 2.75) is 6.54 Å². The van der Waals surface area contributed by atoms with Gasteiger partial charge in [-0.3, -0.25) is 10.1 Å². The Hall–Kier alpha value is -3.35. The molecule has 3 amide bonds. The summed E-state index contributed by atoms with van der Waals surface area (Å²) in [5.74, 6) is -0.778. The van der Waals surface area contributed by atoms with E-state index in [2.05, 4.69) is 10.6 Å². The Morgan fingerprint density at radius 2 is 1.64 bits per heavy atom. The number of ether oxygens (including phenoxy) is 2. The molecule has 0 fully saturated rings. The molecule has 7 nitrogen and oxygen atoms in total. The Balaban J connectivity index is 1.72. The van der Waals surface area contributed by atoms with Crippen LogP contribution in [-0.4, -0.2) is 31.6 Å². The molecule has 25 heavy (non-hydrogen) atoms. The van der Waals surface area contributed by atoms with Gasteiger partial charge in [0.05, 0.1) is 12.7 Å². The molecular formula is C18H18N2O5. The van der Waals surface area contributed by atoms with Crippen molar-refractivity contribution in [3.05, 3.63) is 65.7 Å². The van der Waals surface area contributed by atoms with Crippen LogP contribution in [0.25, 0.3) is 0 Å². The van der Waals surface area contributed by atoms with E-state index >= 15 is 0 Å². The number of nitrogens with one attached hydrogen (secondary N) is 2. The summed E-state index contributed by atoms with van der Waals surface area (Å²) in [5, 5.41) is 4.63. The lowest BCUT2D eigenvalue weighted by molar-refractivity contribution is -0.123. The van der Waals surface area contributed by atoms with E-state index in [1.54, 1.807) is 12.1 Å². The van der Waals surface area contributed by atoms with Crippen molar-refractivity contribution in [1.82, 2.24) is 10.6 Å². The van der Waals surface area contributed by atoms with Gasteiger partial charge in [-0.2, -0.15) is 0 Å². The van der Waals surface area contributed by atoms with E-state index in [1.165, 1.54) is 19.2 Å². The summed E-state index contributed by atoms with van der Waals surface area (Å²) in [4.78, 5) is 35.0. The van der Waals surface area contributed by atoms with Crippen LogP contribution in [-0.2, 0) is 16.1 Å². The third-order valence-electron chi connectivity index (χ3n) is 3.21. The number of benzene rings is 2. The minimum absolute atomic E-state index is 0.280. The van der Waals surface area contributed by atoms with Gasteiger partial charge in [-0.1, -0.05) is 30.3 Å². The van der Waals surface area contributed by atoms with E-state index in [1.807, 2.05) is 30.3 Å². The maximum absolute atomic E-state index is 11.8. The molecule has 0 aliphatic rings. The van der Waals surface area contributed by atoms with Crippen LogP contribution in [0.4, 0.5) is 4.79 Å². The quantitative estimate of drug-likeness (QED) is 0.782. The highest BCUT2D eigenvalue weighted by Crippen LogP contribution is 2.11. The monoisotopic (exact) mass is 342 g/mol. The third kappa shape index (κ3) is 5.98. The molecule has 0 spiro atoms. The number of imide groups is 1. The molecule has 0 atom stereocenters. The van der Waals surface area contributed by atoms with E-state index in [9.17, 15) is 14.4 Å². The van der Waals surface area contributed by atoms with Crippen LogP contribution in [0.15, 0.2) is 54.6 Å². The molecule has 130 valence electrons. The normalized spacial score (nSPS) is 9.80. The SMILES string of the molecule is COc1ccc(C(=O)OCC(=O)NC(=O)NCc2ccccc2)cc1. The lowest BCUT2D eigenvalue weighted by Gasteiger charge is -2.08. The van der Waals surface area contributed by atoms with Crippen molar-refractivity contribution in [1.29, 1.82) is 0 Å². The third-order valence-corrected chi connectivity index (χ3v) is 3.21. The lowest BCUT2D eigenvalue weighted by Crippen LogP contribution is -2.41. The Bertz CT molecular complexity index is 729. The zero-order valence-electron chi connectivity index (χ0n) is 13.7. The van der Waals surface area contributed by atoms with Crippen molar-refractivity contribution in [3.8, 4) is 5.75 Å². The minimum atomic E-state index is -0.715. The molecule has 0 aromatic heterocycles. The average Bonchev–Trinajstić information content (AvgIpc) is 2.65. The van der Waals surface area contributed by atoms with Gasteiger partial charge in [0.2, 0.25) is 0 Å². The second-order valence-electron chi connectivity index (χ2n) is 5.02. The Kier molecular flexibility index (Phi) is 6.53. The summed E-state index contributed by atoms with van der Waals surface area (Å²) >= 11 is 0. The maximum atomic E-state index is 11.8. The van der Waals surface area contributed by atoms with Gasteiger partial charge in [-0.15, -0.1) is 0 Å². The highest BCUT2D eigenvalue weighted by Gasteiger charge is 2.12. The van der Waals surface area contributed by atoms with Crippen LogP contribution in [0.2, 0.25) is 0 Å². The van der Waals surface area contributed by atoms with Crippen LogP contribution < -0.4 is 15.4 Å². The van der Waals surface area contributed by atoms with Crippen molar-refractivity contribution >= 4 is 17.9 Å². The predicted molar refractivity (Wildman–Crippen MR) is 90.1 cm³/mol. The first kappa shape index (κ1) is 18.0. The van der Waals surface area contributed by atoms with Crippen molar-refractivity contribution in [2.75, 3.05) is 13.7 Å². The maximum Gasteiger partial charge on any atom is 0.338 e. The summed E-state index contributed by atoms with van der Waals surface area (Å²) in [5.41, 5.74) is 1.18. The number of amides is 3. The molecule has 0 saturated heterocycles. The van der Waals surface area contributed by atoms with Gasteiger partial charge in [-0.25, -0.2) is 9.59 Å². The van der Waals surface area contributed by atoms with Crippen LogP contribution >= 0.6 is 0 Å². The largest absolute Gasteiger partial charge is 0.497 e. The average molecular weight is 342 g/mol. The van der Waals surface area contributed by atoms with Gasteiger partial charge >= 0.3 is 12.0 Å². The fraction of sp³-hybridized carbons (Fsp3) is 0.167. The van der Waals surface area contributed by atoms with Crippen LogP contribution in [0.1, 0.15) is 15.9 Å². The van der Waals surface area contributed by atoms with Gasteiger partial charge in [0.15, 0.2) is 6.61 Å². The molecule has 0 heterocycles. The number of urea groups is 1. The fourth-order valence-corrected chi connectivity index (χ4v) is 1.93. The summed E-state index contributed by atoms with van der Waals surface area (Å²) < 4.78 is 9.84. The molecule has 0 aliphatic heterocycles. The van der Waals surface area contributed by atoms with Gasteiger partial charge in [0, 0.05) is 6.54 Å². The molecule has 0 bridgehead atoms. The van der Waals surface area contributed by atoms with Gasteiger partial charge in [-0.05, 0) is 29.8 Å². The molecule has 2 aromatic rings. The standard InChI is InChI=1S/C18H18N2O5/c1-24-15-9-7-14(8-10-15)17(22)25-12-16(21)20-18(23)19-11-13-5-3-2-4-6-13/h2-10H,11-12H2,1H3,(H2,19,20,21,23). The fourth-order valence-electron chi connectivity index (χ4n) is 1.93. The number of esters is 1. The zero-order chi connectivity index (χ0) is 18.1. The molecule has 0 aliphatic carbocycles. The predicted octanol–water partition coefficient (Wildman–Crippen LogP) is 1.88. The number of carbonyl (C=O) groups is 3. The number of hydrogen-bond donors (Lipinski definition) is 2. The zero-order valence-corrected chi connectivity index (χ0v) is 13.7. The summed E-state index contributed by atoms with van der Waals surface area (Å²) in [7, 11) is 1.51. The highest BCUT2D eigenvalue weighted by atomic mass is 16.5. The summed E-state index contributed by atoms with van der Waals surface area (Å²) in [6, 6.07) is 14.8. The molecule has 7 heteroatoms. The second-order valence-corrected chi connectivity index (χ2v) is 5.02. The molecule has 0 saturated carbocycles. The molecule has 2 N–H and O–H groups in total. The topological polar surface area (TPSA) is 93.7 Å². The summed E-state index contributed by atoms with van der Waals surface area (Å²) in [6.07, 6.45) is 0. The molecule has 2 aromatic carbocycles. The Labute approximate surface area is 144 Å². The van der Waals surface area contributed by atoms with Crippen molar-refractivity contribution in [3.63, 3.8) is 0 Å². The first-order chi connectivity index (χ1) is 12.1. The van der Waals surface area contributed by atoms with Crippen molar-refractivity contribution < 1.29 is 23.9 Å². The first-order valence-electron chi connectivity index (χ1n) is 7.51. The molecule has 0 radical (unpaired) electrons. The van der Waals surface area contributed by atoms with Crippen LogP contribution in [0.5, 0.6) is 5.75 Å². The van der Waals surface area contributed by atoms with E-state index in [-0.39, 0.29) is 12.1 Å². The second kappa shape index (κ2) is 9.07. The van der Waals surface area contributed by atoms with Crippen LogP contribution in [0, 0.1) is 0 Å². The van der Waals surface area contributed by atoms with Gasteiger partial charge in [0.1, 0.15) is 5.75 Å². The smallest absolute Gasteiger partial charge is 0.338 e. The van der Waals surface area contributed by atoms with E-state index in [0.29, 0.717) is 5.75 Å².